The zero-order chi connectivity index (χ0) is 13.8. The summed E-state index contributed by atoms with van der Waals surface area (Å²) in [5.74, 6) is 0.858. The molecule has 1 N–H and O–H groups in total. The van der Waals surface area contributed by atoms with E-state index < -0.39 is 0 Å². The predicted molar refractivity (Wildman–Crippen MR) is 81.5 cm³/mol. The molecule has 1 fully saturated rings. The highest BCUT2D eigenvalue weighted by molar-refractivity contribution is 6.33. The van der Waals surface area contributed by atoms with E-state index in [0.29, 0.717) is 12.1 Å². The number of piperazine rings is 1. The molecule has 1 saturated heterocycles. The summed E-state index contributed by atoms with van der Waals surface area (Å²) in [5.41, 5.74) is 1.08. The van der Waals surface area contributed by atoms with Crippen LogP contribution < -0.4 is 15.0 Å². The smallest absolute Gasteiger partial charge is 0.121 e. The number of rotatable bonds is 4. The Morgan fingerprint density at radius 2 is 2.26 bits per heavy atom. The standard InChI is InChI=1S/C15H23ClN2O/c1-4-5-12-10-18(11(2)9-17-12)15-8-13(19-3)6-7-14(15)16/h6-8,11-12,17H,4-5,9-10H2,1-3H3. The predicted octanol–water partition coefficient (Wildman–Crippen LogP) is 3.32. The van der Waals surface area contributed by atoms with E-state index in [4.69, 9.17) is 16.3 Å². The summed E-state index contributed by atoms with van der Waals surface area (Å²) in [5, 5.41) is 4.40. The van der Waals surface area contributed by atoms with Crippen molar-refractivity contribution < 1.29 is 4.74 Å². The van der Waals surface area contributed by atoms with Gasteiger partial charge in [0, 0.05) is 31.2 Å². The van der Waals surface area contributed by atoms with Crippen molar-refractivity contribution in [1.82, 2.24) is 5.32 Å². The van der Waals surface area contributed by atoms with Crippen LogP contribution in [0.15, 0.2) is 18.2 Å². The van der Waals surface area contributed by atoms with Crippen LogP contribution in [0, 0.1) is 0 Å². The van der Waals surface area contributed by atoms with E-state index >= 15 is 0 Å². The maximum atomic E-state index is 6.36. The van der Waals surface area contributed by atoms with Crippen molar-refractivity contribution >= 4 is 17.3 Å². The van der Waals surface area contributed by atoms with Gasteiger partial charge in [-0.05, 0) is 25.5 Å². The number of nitrogens with one attached hydrogen (secondary N) is 1. The summed E-state index contributed by atoms with van der Waals surface area (Å²) >= 11 is 6.36. The molecule has 1 aliphatic rings. The van der Waals surface area contributed by atoms with Gasteiger partial charge in [-0.1, -0.05) is 24.9 Å². The number of methoxy groups -OCH3 is 1. The molecule has 0 amide bonds. The second-order valence-corrected chi connectivity index (χ2v) is 5.62. The van der Waals surface area contributed by atoms with Gasteiger partial charge in [-0.2, -0.15) is 0 Å². The van der Waals surface area contributed by atoms with Crippen LogP contribution in [0.4, 0.5) is 5.69 Å². The molecule has 4 heteroatoms. The largest absolute Gasteiger partial charge is 0.497 e. The molecular formula is C15H23ClN2O. The molecular weight excluding hydrogens is 260 g/mol. The Morgan fingerprint density at radius 3 is 2.95 bits per heavy atom. The Bertz CT molecular complexity index is 425. The molecule has 1 heterocycles. The Labute approximate surface area is 120 Å². The minimum Gasteiger partial charge on any atom is -0.497 e. The average molecular weight is 283 g/mol. The van der Waals surface area contributed by atoms with Gasteiger partial charge < -0.3 is 15.0 Å². The normalized spacial score (nSPS) is 23.5. The molecule has 1 aromatic carbocycles. The fourth-order valence-corrected chi connectivity index (χ4v) is 2.87. The van der Waals surface area contributed by atoms with E-state index in [0.717, 1.165) is 29.5 Å². The first-order valence-corrected chi connectivity index (χ1v) is 7.37. The van der Waals surface area contributed by atoms with Crippen molar-refractivity contribution in [2.75, 3.05) is 25.1 Å². The van der Waals surface area contributed by atoms with Crippen LogP contribution >= 0.6 is 11.6 Å². The van der Waals surface area contributed by atoms with Crippen LogP contribution in [0.1, 0.15) is 26.7 Å². The lowest BCUT2D eigenvalue weighted by Gasteiger charge is -2.41. The number of ether oxygens (including phenoxy) is 1. The molecule has 0 bridgehead atoms. The van der Waals surface area contributed by atoms with Crippen LogP contribution in [0.2, 0.25) is 5.02 Å². The summed E-state index contributed by atoms with van der Waals surface area (Å²) in [6, 6.07) is 6.84. The lowest BCUT2D eigenvalue weighted by atomic mass is 10.0. The SMILES string of the molecule is CCCC1CN(c2cc(OC)ccc2Cl)C(C)CN1. The highest BCUT2D eigenvalue weighted by Gasteiger charge is 2.26. The van der Waals surface area contributed by atoms with Crippen molar-refractivity contribution in [3.05, 3.63) is 23.2 Å². The van der Waals surface area contributed by atoms with Gasteiger partial charge in [0.05, 0.1) is 17.8 Å². The molecule has 0 spiro atoms. The van der Waals surface area contributed by atoms with Gasteiger partial charge in [0.1, 0.15) is 5.75 Å². The Kier molecular flexibility index (Phi) is 4.94. The third-order valence-electron chi connectivity index (χ3n) is 3.75. The first kappa shape index (κ1) is 14.5. The van der Waals surface area contributed by atoms with Crippen LogP contribution in [-0.4, -0.2) is 32.3 Å². The first-order chi connectivity index (χ1) is 9.15. The number of halogens is 1. The average Bonchev–Trinajstić information content (AvgIpc) is 2.42. The summed E-state index contributed by atoms with van der Waals surface area (Å²) in [7, 11) is 1.69. The van der Waals surface area contributed by atoms with Gasteiger partial charge in [0.15, 0.2) is 0 Å². The number of hydrogen-bond acceptors (Lipinski definition) is 3. The molecule has 0 aliphatic carbocycles. The molecule has 1 aromatic rings. The fraction of sp³-hybridized carbons (Fsp3) is 0.600. The molecule has 1 aliphatic heterocycles. The molecule has 106 valence electrons. The summed E-state index contributed by atoms with van der Waals surface area (Å²) in [6.07, 6.45) is 2.40. The van der Waals surface area contributed by atoms with Crippen LogP contribution in [0.25, 0.3) is 0 Å². The first-order valence-electron chi connectivity index (χ1n) is 6.99. The lowest BCUT2D eigenvalue weighted by molar-refractivity contribution is 0.385. The number of nitrogens with zero attached hydrogens (tertiary/aromatic N) is 1. The van der Waals surface area contributed by atoms with Crippen LogP contribution in [0.5, 0.6) is 5.75 Å². The van der Waals surface area contributed by atoms with Gasteiger partial charge in [0.25, 0.3) is 0 Å². The summed E-state index contributed by atoms with van der Waals surface area (Å²) in [4.78, 5) is 2.39. The minimum absolute atomic E-state index is 0.442. The van der Waals surface area contributed by atoms with E-state index in [1.807, 2.05) is 18.2 Å². The highest BCUT2D eigenvalue weighted by atomic mass is 35.5. The molecule has 2 atom stereocenters. The molecule has 19 heavy (non-hydrogen) atoms. The summed E-state index contributed by atoms with van der Waals surface area (Å²) < 4.78 is 5.31. The zero-order valence-electron chi connectivity index (χ0n) is 11.9. The molecule has 0 aromatic heterocycles. The Hall–Kier alpha value is -0.930. The molecule has 3 nitrogen and oxygen atoms in total. The number of hydrogen-bond donors (Lipinski definition) is 1. The quantitative estimate of drug-likeness (QED) is 0.917. The van der Waals surface area contributed by atoms with Gasteiger partial charge in [-0.15, -0.1) is 0 Å². The minimum atomic E-state index is 0.442. The van der Waals surface area contributed by atoms with Gasteiger partial charge in [0.2, 0.25) is 0 Å². The Morgan fingerprint density at radius 1 is 1.47 bits per heavy atom. The van der Waals surface area contributed by atoms with Crippen molar-refractivity contribution in [2.24, 2.45) is 0 Å². The molecule has 0 saturated carbocycles. The van der Waals surface area contributed by atoms with E-state index in [1.165, 1.54) is 12.8 Å². The van der Waals surface area contributed by atoms with Crippen molar-refractivity contribution in [1.29, 1.82) is 0 Å². The zero-order valence-corrected chi connectivity index (χ0v) is 12.7. The van der Waals surface area contributed by atoms with Crippen molar-refractivity contribution in [3.63, 3.8) is 0 Å². The third kappa shape index (κ3) is 3.34. The maximum absolute atomic E-state index is 6.36. The second-order valence-electron chi connectivity index (χ2n) is 5.21. The molecule has 0 radical (unpaired) electrons. The van der Waals surface area contributed by atoms with Gasteiger partial charge >= 0.3 is 0 Å². The fourth-order valence-electron chi connectivity index (χ4n) is 2.65. The topological polar surface area (TPSA) is 24.5 Å². The second kappa shape index (κ2) is 6.49. The highest BCUT2D eigenvalue weighted by Crippen LogP contribution is 2.32. The number of benzene rings is 1. The van der Waals surface area contributed by atoms with Gasteiger partial charge in [-0.3, -0.25) is 0 Å². The number of anilines is 1. The lowest BCUT2D eigenvalue weighted by Crippen LogP contribution is -2.55. The van der Waals surface area contributed by atoms with E-state index in [2.05, 4.69) is 24.1 Å². The van der Waals surface area contributed by atoms with Gasteiger partial charge in [-0.25, -0.2) is 0 Å². The Balaban J connectivity index is 2.22. The summed E-state index contributed by atoms with van der Waals surface area (Å²) in [6.45, 7) is 6.45. The third-order valence-corrected chi connectivity index (χ3v) is 4.07. The molecule has 2 rings (SSSR count). The van der Waals surface area contributed by atoms with Crippen LogP contribution in [-0.2, 0) is 0 Å². The van der Waals surface area contributed by atoms with Crippen LogP contribution in [0.3, 0.4) is 0 Å². The monoisotopic (exact) mass is 282 g/mol. The van der Waals surface area contributed by atoms with E-state index in [9.17, 15) is 0 Å². The van der Waals surface area contributed by atoms with Crippen molar-refractivity contribution in [3.8, 4) is 5.75 Å². The maximum Gasteiger partial charge on any atom is 0.121 e. The van der Waals surface area contributed by atoms with E-state index in [1.54, 1.807) is 7.11 Å². The van der Waals surface area contributed by atoms with Crippen molar-refractivity contribution in [2.45, 2.75) is 38.8 Å². The van der Waals surface area contributed by atoms with E-state index in [-0.39, 0.29) is 0 Å². The molecule has 2 unspecified atom stereocenters.